The van der Waals surface area contributed by atoms with Crippen molar-refractivity contribution >= 4 is 6.09 Å². The first-order chi connectivity index (χ1) is 8.42. The predicted octanol–water partition coefficient (Wildman–Crippen LogP) is 1.65. The Morgan fingerprint density at radius 1 is 1.56 bits per heavy atom. The summed E-state index contributed by atoms with van der Waals surface area (Å²) in [5.74, 6) is 0.0474. The molecule has 0 saturated carbocycles. The Balaban J connectivity index is 2.48. The van der Waals surface area contributed by atoms with Crippen LogP contribution in [0, 0.1) is 0 Å². The van der Waals surface area contributed by atoms with E-state index in [4.69, 9.17) is 10.5 Å². The number of nitrogens with zero attached hydrogens (tertiary/aromatic N) is 1. The molecule has 0 saturated heterocycles. The van der Waals surface area contributed by atoms with Gasteiger partial charge in [-0.1, -0.05) is 6.07 Å². The largest absolute Gasteiger partial charge is 0.444 e. The minimum atomic E-state index is -0.489. The van der Waals surface area contributed by atoms with E-state index in [0.29, 0.717) is 13.1 Å². The lowest BCUT2D eigenvalue weighted by Gasteiger charge is -2.21. The number of nitrogens with one attached hydrogen (secondary N) is 1. The summed E-state index contributed by atoms with van der Waals surface area (Å²) in [5, 5.41) is 2.72. The second kappa shape index (κ2) is 6.35. The van der Waals surface area contributed by atoms with Gasteiger partial charge in [0.2, 0.25) is 0 Å². The summed E-state index contributed by atoms with van der Waals surface area (Å²) in [4.78, 5) is 15.6. The number of rotatable bonds is 4. The van der Waals surface area contributed by atoms with Gasteiger partial charge in [0.15, 0.2) is 0 Å². The summed E-state index contributed by atoms with van der Waals surface area (Å²) in [7, 11) is 0. The van der Waals surface area contributed by atoms with Gasteiger partial charge in [-0.2, -0.15) is 0 Å². The molecule has 1 amide bonds. The summed E-state index contributed by atoms with van der Waals surface area (Å²) in [6.07, 6.45) is 3.04. The third-order valence-electron chi connectivity index (χ3n) is 2.33. The highest BCUT2D eigenvalue weighted by molar-refractivity contribution is 5.67. The van der Waals surface area contributed by atoms with Crippen LogP contribution in [0.5, 0.6) is 0 Å². The minimum absolute atomic E-state index is 0.0474. The van der Waals surface area contributed by atoms with Crippen molar-refractivity contribution in [3.8, 4) is 0 Å². The van der Waals surface area contributed by atoms with E-state index in [1.165, 1.54) is 0 Å². The molecular formula is C13H21N3O2. The molecule has 1 unspecified atom stereocenters. The molecule has 0 bridgehead atoms. The van der Waals surface area contributed by atoms with E-state index < -0.39 is 11.7 Å². The van der Waals surface area contributed by atoms with E-state index in [-0.39, 0.29) is 5.92 Å². The molecule has 5 heteroatoms. The van der Waals surface area contributed by atoms with Crippen LogP contribution in [0.15, 0.2) is 24.5 Å². The Kier molecular flexibility index (Phi) is 5.09. The van der Waals surface area contributed by atoms with Crippen molar-refractivity contribution in [1.82, 2.24) is 10.3 Å². The fourth-order valence-electron chi connectivity index (χ4n) is 1.48. The van der Waals surface area contributed by atoms with E-state index in [9.17, 15) is 4.79 Å². The highest BCUT2D eigenvalue weighted by atomic mass is 16.6. The van der Waals surface area contributed by atoms with E-state index in [1.54, 1.807) is 12.4 Å². The van der Waals surface area contributed by atoms with E-state index in [2.05, 4.69) is 10.3 Å². The summed E-state index contributed by atoms with van der Waals surface area (Å²) < 4.78 is 5.16. The predicted molar refractivity (Wildman–Crippen MR) is 70.3 cm³/mol. The average Bonchev–Trinajstić information content (AvgIpc) is 2.29. The lowest BCUT2D eigenvalue weighted by Crippen LogP contribution is -2.36. The Hall–Kier alpha value is -1.62. The zero-order chi connectivity index (χ0) is 13.6. The second-order valence-electron chi connectivity index (χ2n) is 5.10. The van der Waals surface area contributed by atoms with Gasteiger partial charge in [0.1, 0.15) is 5.60 Å². The van der Waals surface area contributed by atoms with Crippen LogP contribution in [0.25, 0.3) is 0 Å². The first kappa shape index (κ1) is 14.4. The smallest absolute Gasteiger partial charge is 0.407 e. The molecule has 0 aromatic carbocycles. The molecule has 0 aliphatic rings. The fourth-order valence-corrected chi connectivity index (χ4v) is 1.48. The summed E-state index contributed by atoms with van der Waals surface area (Å²) >= 11 is 0. The lowest BCUT2D eigenvalue weighted by atomic mass is 10.0. The summed E-state index contributed by atoms with van der Waals surface area (Å²) in [6, 6.07) is 3.80. The van der Waals surface area contributed by atoms with Crippen LogP contribution < -0.4 is 11.1 Å². The number of ether oxygens (including phenoxy) is 1. The fraction of sp³-hybridized carbons (Fsp3) is 0.538. The highest BCUT2D eigenvalue weighted by Crippen LogP contribution is 2.12. The Bertz CT molecular complexity index is 374. The molecule has 1 aromatic rings. The molecule has 1 rings (SSSR count). The Morgan fingerprint density at radius 2 is 2.28 bits per heavy atom. The summed E-state index contributed by atoms with van der Waals surface area (Å²) in [5.41, 5.74) is 6.22. The number of alkyl carbamates (subject to hydrolysis) is 1. The van der Waals surface area contributed by atoms with Gasteiger partial charge in [-0.05, 0) is 32.4 Å². The monoisotopic (exact) mass is 251 g/mol. The second-order valence-corrected chi connectivity index (χ2v) is 5.10. The summed E-state index contributed by atoms with van der Waals surface area (Å²) in [6.45, 7) is 6.37. The molecule has 1 heterocycles. The standard InChI is InChI=1S/C13H21N3O2/c1-13(2,3)18-12(17)16-9-11(7-14)10-5-4-6-15-8-10/h4-6,8,11H,7,9,14H2,1-3H3,(H,16,17). The molecule has 5 nitrogen and oxygen atoms in total. The van der Waals surface area contributed by atoms with Gasteiger partial charge >= 0.3 is 6.09 Å². The van der Waals surface area contributed by atoms with Crippen molar-refractivity contribution in [2.45, 2.75) is 32.3 Å². The molecule has 1 aromatic heterocycles. The van der Waals surface area contributed by atoms with Crippen molar-refractivity contribution in [3.05, 3.63) is 30.1 Å². The van der Waals surface area contributed by atoms with Gasteiger partial charge in [0.05, 0.1) is 0 Å². The van der Waals surface area contributed by atoms with Crippen LogP contribution in [-0.2, 0) is 4.74 Å². The molecular weight excluding hydrogens is 230 g/mol. The zero-order valence-corrected chi connectivity index (χ0v) is 11.1. The SMILES string of the molecule is CC(C)(C)OC(=O)NCC(CN)c1cccnc1. The van der Waals surface area contributed by atoms with Crippen LogP contribution in [-0.4, -0.2) is 29.8 Å². The van der Waals surface area contributed by atoms with Crippen molar-refractivity contribution in [2.75, 3.05) is 13.1 Å². The molecule has 3 N–H and O–H groups in total. The molecule has 100 valence electrons. The maximum Gasteiger partial charge on any atom is 0.407 e. The van der Waals surface area contributed by atoms with Crippen molar-refractivity contribution < 1.29 is 9.53 Å². The first-order valence-electron chi connectivity index (χ1n) is 5.99. The number of aromatic nitrogens is 1. The first-order valence-corrected chi connectivity index (χ1v) is 5.99. The number of carbonyl (C=O) groups excluding carboxylic acids is 1. The van der Waals surface area contributed by atoms with E-state index >= 15 is 0 Å². The van der Waals surface area contributed by atoms with Gasteiger partial charge in [-0.3, -0.25) is 4.98 Å². The van der Waals surface area contributed by atoms with Gasteiger partial charge in [0.25, 0.3) is 0 Å². The molecule has 0 radical (unpaired) electrons. The maximum atomic E-state index is 11.5. The molecule has 0 spiro atoms. The van der Waals surface area contributed by atoms with Crippen LogP contribution >= 0.6 is 0 Å². The highest BCUT2D eigenvalue weighted by Gasteiger charge is 2.17. The number of hydrogen-bond donors (Lipinski definition) is 2. The van der Waals surface area contributed by atoms with Crippen molar-refractivity contribution in [1.29, 1.82) is 0 Å². The Labute approximate surface area is 108 Å². The number of pyridine rings is 1. The number of nitrogens with two attached hydrogens (primary N) is 1. The van der Waals surface area contributed by atoms with E-state index in [0.717, 1.165) is 5.56 Å². The number of hydrogen-bond acceptors (Lipinski definition) is 4. The van der Waals surface area contributed by atoms with Crippen LogP contribution in [0.4, 0.5) is 4.79 Å². The Morgan fingerprint density at radius 3 is 2.78 bits per heavy atom. The number of amides is 1. The van der Waals surface area contributed by atoms with Crippen LogP contribution in [0.2, 0.25) is 0 Å². The topological polar surface area (TPSA) is 77.2 Å². The molecule has 0 aliphatic heterocycles. The quantitative estimate of drug-likeness (QED) is 0.853. The van der Waals surface area contributed by atoms with Gasteiger partial charge in [0, 0.05) is 31.4 Å². The zero-order valence-electron chi connectivity index (χ0n) is 11.1. The molecule has 0 fully saturated rings. The average molecular weight is 251 g/mol. The van der Waals surface area contributed by atoms with Crippen molar-refractivity contribution in [2.24, 2.45) is 5.73 Å². The van der Waals surface area contributed by atoms with Gasteiger partial charge < -0.3 is 15.8 Å². The molecule has 1 atom stereocenters. The van der Waals surface area contributed by atoms with E-state index in [1.807, 2.05) is 32.9 Å². The third kappa shape index (κ3) is 5.14. The number of carbonyl (C=O) groups is 1. The van der Waals surface area contributed by atoms with Crippen molar-refractivity contribution in [3.63, 3.8) is 0 Å². The minimum Gasteiger partial charge on any atom is -0.444 e. The lowest BCUT2D eigenvalue weighted by molar-refractivity contribution is 0.0525. The third-order valence-corrected chi connectivity index (χ3v) is 2.33. The molecule has 0 aliphatic carbocycles. The normalized spacial score (nSPS) is 12.9. The maximum absolute atomic E-state index is 11.5. The molecule has 18 heavy (non-hydrogen) atoms. The van der Waals surface area contributed by atoms with Gasteiger partial charge in [-0.25, -0.2) is 4.79 Å². The van der Waals surface area contributed by atoms with Crippen LogP contribution in [0.3, 0.4) is 0 Å². The van der Waals surface area contributed by atoms with Crippen LogP contribution in [0.1, 0.15) is 32.3 Å². The van der Waals surface area contributed by atoms with Gasteiger partial charge in [-0.15, -0.1) is 0 Å².